The van der Waals surface area contributed by atoms with Crippen molar-refractivity contribution in [2.24, 2.45) is 0 Å². The van der Waals surface area contributed by atoms with Gasteiger partial charge in [0.25, 0.3) is 5.91 Å². The van der Waals surface area contributed by atoms with Crippen LogP contribution >= 0.6 is 0 Å². The van der Waals surface area contributed by atoms with E-state index in [0.717, 1.165) is 21.4 Å². The largest absolute Gasteiger partial charge is 0.497 e. The molecule has 2 saturated heterocycles. The Balaban J connectivity index is 1.27. The molecule has 0 aliphatic carbocycles. The van der Waals surface area contributed by atoms with Crippen molar-refractivity contribution in [2.75, 3.05) is 44.7 Å². The summed E-state index contributed by atoms with van der Waals surface area (Å²) in [6, 6.07) is 12.4. The van der Waals surface area contributed by atoms with Gasteiger partial charge in [-0.2, -0.15) is 0 Å². The smallest absolute Gasteiger partial charge is 0.325 e. The molecule has 5 rings (SSSR count). The molecule has 0 radical (unpaired) electrons. The van der Waals surface area contributed by atoms with E-state index in [0.29, 0.717) is 37.7 Å². The predicted molar refractivity (Wildman–Crippen MR) is 129 cm³/mol. The number of methoxy groups -OCH3 is 1. The second-order valence-electron chi connectivity index (χ2n) is 8.79. The van der Waals surface area contributed by atoms with E-state index in [1.54, 1.807) is 37.4 Å². The topological polar surface area (TPSA) is 108 Å². The fourth-order valence-electron chi connectivity index (χ4n) is 4.54. The number of carbonyl (C=O) groups excluding carboxylic acids is 3. The van der Waals surface area contributed by atoms with Crippen LogP contribution in [0.25, 0.3) is 10.8 Å². The Hall–Kier alpha value is -4.21. The maximum absolute atomic E-state index is 13.4. The fraction of sp³-hybridized carbons (Fsp3) is 0.320. The summed E-state index contributed by atoms with van der Waals surface area (Å²) in [5, 5.41) is 4.66. The average molecular weight is 475 g/mol. The van der Waals surface area contributed by atoms with Crippen molar-refractivity contribution in [1.82, 2.24) is 25.1 Å². The summed E-state index contributed by atoms with van der Waals surface area (Å²) in [7, 11) is 1.61. The first-order valence-corrected chi connectivity index (χ1v) is 11.4. The van der Waals surface area contributed by atoms with Crippen molar-refractivity contribution in [2.45, 2.75) is 12.5 Å². The lowest BCUT2D eigenvalue weighted by Gasteiger charge is -2.35. The summed E-state index contributed by atoms with van der Waals surface area (Å²) in [5.74, 6) is 0.652. The van der Waals surface area contributed by atoms with E-state index in [4.69, 9.17) is 4.74 Å². The average Bonchev–Trinajstić information content (AvgIpc) is 3.12. The highest BCUT2D eigenvalue weighted by atomic mass is 16.5. The second-order valence-corrected chi connectivity index (χ2v) is 8.79. The van der Waals surface area contributed by atoms with Gasteiger partial charge < -0.3 is 19.9 Å². The number of anilines is 1. The molecule has 1 atom stereocenters. The molecule has 35 heavy (non-hydrogen) atoms. The monoisotopic (exact) mass is 474 g/mol. The molecule has 10 heteroatoms. The second kappa shape index (κ2) is 8.86. The van der Waals surface area contributed by atoms with Crippen molar-refractivity contribution in [3.8, 4) is 5.75 Å². The van der Waals surface area contributed by atoms with Crippen molar-refractivity contribution in [3.05, 3.63) is 60.4 Å². The Morgan fingerprint density at radius 1 is 1.03 bits per heavy atom. The highest BCUT2D eigenvalue weighted by Gasteiger charge is 2.49. The van der Waals surface area contributed by atoms with Crippen LogP contribution in [0.15, 0.2) is 54.9 Å². The van der Waals surface area contributed by atoms with Crippen LogP contribution < -0.4 is 15.0 Å². The summed E-state index contributed by atoms with van der Waals surface area (Å²) in [6.45, 7) is 3.46. The number of fused-ring (bicyclic) bond motifs is 1. The third-order valence-corrected chi connectivity index (χ3v) is 6.66. The molecule has 2 aromatic carbocycles. The number of ether oxygens (including phenoxy) is 1. The van der Waals surface area contributed by atoms with Crippen LogP contribution in [0.2, 0.25) is 0 Å². The van der Waals surface area contributed by atoms with Crippen molar-refractivity contribution < 1.29 is 19.1 Å². The zero-order chi connectivity index (χ0) is 24.6. The van der Waals surface area contributed by atoms with Crippen molar-refractivity contribution in [1.29, 1.82) is 0 Å². The minimum Gasteiger partial charge on any atom is -0.497 e. The minimum absolute atomic E-state index is 0.267. The molecule has 180 valence electrons. The van der Waals surface area contributed by atoms with E-state index in [9.17, 15) is 14.4 Å². The van der Waals surface area contributed by atoms with Gasteiger partial charge in [0.15, 0.2) is 0 Å². The molecule has 2 aliphatic heterocycles. The number of imide groups is 1. The maximum Gasteiger partial charge on any atom is 0.325 e. The van der Waals surface area contributed by atoms with Crippen molar-refractivity contribution >= 4 is 34.6 Å². The van der Waals surface area contributed by atoms with Crippen LogP contribution in [0.5, 0.6) is 5.75 Å². The first-order valence-electron chi connectivity index (χ1n) is 11.4. The number of piperazine rings is 1. The van der Waals surface area contributed by atoms with Crippen LogP contribution in [0.1, 0.15) is 12.5 Å². The lowest BCUT2D eigenvalue weighted by molar-refractivity contribution is -0.139. The first kappa shape index (κ1) is 22.6. The van der Waals surface area contributed by atoms with Gasteiger partial charge in [0.2, 0.25) is 11.9 Å². The van der Waals surface area contributed by atoms with Gasteiger partial charge in [-0.15, -0.1) is 0 Å². The minimum atomic E-state index is -1.26. The number of urea groups is 1. The van der Waals surface area contributed by atoms with Gasteiger partial charge in [0.05, 0.1) is 7.11 Å². The summed E-state index contributed by atoms with van der Waals surface area (Å²) in [6.07, 6.45) is 3.36. The van der Waals surface area contributed by atoms with E-state index >= 15 is 0 Å². The molecule has 0 saturated carbocycles. The van der Waals surface area contributed by atoms with E-state index in [-0.39, 0.29) is 12.5 Å². The van der Waals surface area contributed by atoms with Crippen LogP contribution in [0.4, 0.5) is 10.7 Å². The van der Waals surface area contributed by atoms with Gasteiger partial charge in [-0.1, -0.05) is 18.2 Å². The Morgan fingerprint density at radius 3 is 2.43 bits per heavy atom. The molecule has 2 aliphatic rings. The van der Waals surface area contributed by atoms with Crippen LogP contribution in [-0.2, 0) is 15.1 Å². The molecule has 4 amide bonds. The van der Waals surface area contributed by atoms with Gasteiger partial charge in [-0.25, -0.2) is 14.8 Å². The summed E-state index contributed by atoms with van der Waals surface area (Å²) in [4.78, 5) is 52.2. The number of amides is 4. The molecule has 0 bridgehead atoms. The van der Waals surface area contributed by atoms with E-state index in [1.807, 2.05) is 41.3 Å². The van der Waals surface area contributed by atoms with E-state index in [1.165, 1.54) is 0 Å². The van der Waals surface area contributed by atoms with Gasteiger partial charge in [-0.3, -0.25) is 14.5 Å². The number of benzene rings is 2. The third-order valence-electron chi connectivity index (χ3n) is 6.66. The Kier molecular flexibility index (Phi) is 5.72. The molecule has 10 nitrogen and oxygen atoms in total. The molecule has 2 fully saturated rings. The number of rotatable bonds is 5. The van der Waals surface area contributed by atoms with Crippen LogP contribution in [0.3, 0.4) is 0 Å². The van der Waals surface area contributed by atoms with Gasteiger partial charge in [0, 0.05) is 38.6 Å². The Labute approximate surface area is 202 Å². The molecule has 3 aromatic rings. The van der Waals surface area contributed by atoms with Crippen LogP contribution in [0, 0.1) is 0 Å². The number of nitrogens with one attached hydrogen (secondary N) is 1. The van der Waals surface area contributed by atoms with Gasteiger partial charge in [0.1, 0.15) is 17.8 Å². The summed E-state index contributed by atoms with van der Waals surface area (Å²) >= 11 is 0. The molecular formula is C25H26N6O4. The lowest BCUT2D eigenvalue weighted by atomic mass is 9.90. The predicted octanol–water partition coefficient (Wildman–Crippen LogP) is 1.75. The normalized spacial score (nSPS) is 20.3. The quantitative estimate of drug-likeness (QED) is 0.562. The highest BCUT2D eigenvalue weighted by molar-refractivity contribution is 6.09. The third kappa shape index (κ3) is 4.11. The highest BCUT2D eigenvalue weighted by Crippen LogP contribution is 2.32. The number of hydrogen-bond donors (Lipinski definition) is 1. The molecule has 0 spiro atoms. The zero-order valence-electron chi connectivity index (χ0n) is 19.6. The fourth-order valence-corrected chi connectivity index (χ4v) is 4.54. The van der Waals surface area contributed by atoms with Gasteiger partial charge >= 0.3 is 6.03 Å². The molecule has 3 heterocycles. The number of aromatic nitrogens is 2. The summed E-state index contributed by atoms with van der Waals surface area (Å²) < 4.78 is 5.27. The molecule has 1 N–H and O–H groups in total. The molecule has 1 aromatic heterocycles. The summed E-state index contributed by atoms with van der Waals surface area (Å²) in [5.41, 5.74) is -0.602. The van der Waals surface area contributed by atoms with E-state index in [2.05, 4.69) is 15.3 Å². The van der Waals surface area contributed by atoms with Crippen LogP contribution in [-0.4, -0.2) is 77.4 Å². The zero-order valence-corrected chi connectivity index (χ0v) is 19.6. The SMILES string of the molecule is COc1ccc2cc(C3(C)NC(=O)N(CC(=O)N4CCN(c5ncccn5)CC4)C3=O)ccc2c1. The molecular weight excluding hydrogens is 448 g/mol. The Bertz CT molecular complexity index is 1290. The first-order chi connectivity index (χ1) is 16.9. The lowest BCUT2D eigenvalue weighted by Crippen LogP contribution is -2.52. The van der Waals surface area contributed by atoms with Crippen molar-refractivity contribution in [3.63, 3.8) is 0 Å². The number of hydrogen-bond acceptors (Lipinski definition) is 7. The number of carbonyl (C=O) groups is 3. The van der Waals surface area contributed by atoms with Gasteiger partial charge in [-0.05, 0) is 47.5 Å². The molecule has 1 unspecified atom stereocenters. The standard InChI is InChI=1S/C25H26N6O4/c1-25(19-6-4-18-15-20(35-2)7-5-17(18)14-19)22(33)31(24(34)28-25)16-21(32)29-10-12-30(13-11-29)23-26-8-3-9-27-23/h3-9,14-15H,10-13,16H2,1-2H3,(H,28,34). The van der Waals surface area contributed by atoms with E-state index < -0.39 is 17.5 Å². The maximum atomic E-state index is 13.4. The number of nitrogens with zero attached hydrogens (tertiary/aromatic N) is 5. The Morgan fingerprint density at radius 2 is 1.71 bits per heavy atom.